The van der Waals surface area contributed by atoms with Gasteiger partial charge in [-0.25, -0.2) is 0 Å². The lowest BCUT2D eigenvalue weighted by Gasteiger charge is -2.32. The third-order valence-corrected chi connectivity index (χ3v) is 3.36. The molecule has 2 atom stereocenters. The van der Waals surface area contributed by atoms with Gasteiger partial charge in [0.15, 0.2) is 0 Å². The summed E-state index contributed by atoms with van der Waals surface area (Å²) >= 11 is 0. The van der Waals surface area contributed by atoms with E-state index in [9.17, 15) is 4.79 Å². The first-order valence-corrected chi connectivity index (χ1v) is 5.84. The van der Waals surface area contributed by atoms with E-state index in [0.29, 0.717) is 12.0 Å². The van der Waals surface area contributed by atoms with Gasteiger partial charge >= 0.3 is 0 Å². The molecule has 1 saturated carbocycles. The number of carbonyl (C=O) groups is 1. The van der Waals surface area contributed by atoms with Crippen LogP contribution in [-0.4, -0.2) is 30.7 Å². The molecule has 2 aliphatic rings. The molecule has 1 aliphatic carbocycles. The number of rotatable bonds is 3. The van der Waals surface area contributed by atoms with Crippen molar-refractivity contribution in [2.75, 3.05) is 6.54 Å². The first kappa shape index (κ1) is 10.9. The molecular weight excluding hydrogens is 192 g/mol. The molecule has 0 aromatic heterocycles. The van der Waals surface area contributed by atoms with Crippen molar-refractivity contribution in [1.29, 1.82) is 0 Å². The van der Waals surface area contributed by atoms with Gasteiger partial charge in [0, 0.05) is 12.6 Å². The second-order valence-electron chi connectivity index (χ2n) is 4.86. The lowest BCUT2D eigenvalue weighted by molar-refractivity contribution is -0.132. The maximum absolute atomic E-state index is 11.6. The molecule has 0 bridgehead atoms. The summed E-state index contributed by atoms with van der Waals surface area (Å²) in [5.41, 5.74) is 5.68. The summed E-state index contributed by atoms with van der Waals surface area (Å²) in [4.78, 5) is 11.6. The molecule has 0 aromatic rings. The quantitative estimate of drug-likeness (QED) is 0.712. The second kappa shape index (κ2) is 4.49. The van der Waals surface area contributed by atoms with Gasteiger partial charge in [-0.1, -0.05) is 0 Å². The van der Waals surface area contributed by atoms with Gasteiger partial charge in [-0.15, -0.1) is 0 Å². The van der Waals surface area contributed by atoms with Crippen LogP contribution in [0.3, 0.4) is 0 Å². The largest absolute Gasteiger partial charge is 0.365 e. The monoisotopic (exact) mass is 212 g/mol. The Hall–Kier alpha value is -0.610. The predicted molar refractivity (Wildman–Crippen MR) is 57.3 cm³/mol. The molecule has 0 aromatic carbocycles. The molecular formula is C11H20N2O2. The molecule has 2 rings (SSSR count). The van der Waals surface area contributed by atoms with Crippen LogP contribution in [0.15, 0.2) is 0 Å². The molecule has 2 fully saturated rings. The standard InChI is InChI=1S/C11H20N2O2/c1-7-2-3-10(15-7)11(14)13-6-8-4-9(12)5-8/h7-10H,2-6,12H2,1H3,(H,13,14). The zero-order chi connectivity index (χ0) is 10.8. The number of hydrogen-bond donors (Lipinski definition) is 2. The fourth-order valence-electron chi connectivity index (χ4n) is 2.31. The summed E-state index contributed by atoms with van der Waals surface area (Å²) in [5, 5.41) is 2.95. The molecule has 86 valence electrons. The van der Waals surface area contributed by atoms with Gasteiger partial charge < -0.3 is 15.8 Å². The lowest BCUT2D eigenvalue weighted by Crippen LogP contribution is -2.44. The van der Waals surface area contributed by atoms with E-state index in [1.165, 1.54) is 0 Å². The normalized spacial score (nSPS) is 39.9. The maximum atomic E-state index is 11.6. The lowest BCUT2D eigenvalue weighted by atomic mass is 9.81. The smallest absolute Gasteiger partial charge is 0.249 e. The van der Waals surface area contributed by atoms with E-state index in [1.807, 2.05) is 6.92 Å². The summed E-state index contributed by atoms with van der Waals surface area (Å²) in [6, 6.07) is 0.356. The number of amides is 1. The Balaban J connectivity index is 1.64. The summed E-state index contributed by atoms with van der Waals surface area (Å²) in [6.07, 6.45) is 3.96. The predicted octanol–water partition coefficient (Wildman–Crippen LogP) is 0.407. The van der Waals surface area contributed by atoms with Crippen LogP contribution in [-0.2, 0) is 9.53 Å². The summed E-state index contributed by atoms with van der Waals surface area (Å²) in [6.45, 7) is 2.78. The highest BCUT2D eigenvalue weighted by Gasteiger charge is 2.30. The average molecular weight is 212 g/mol. The van der Waals surface area contributed by atoms with Gasteiger partial charge in [0.2, 0.25) is 5.91 Å². The van der Waals surface area contributed by atoms with Crippen molar-refractivity contribution in [3.8, 4) is 0 Å². The molecule has 15 heavy (non-hydrogen) atoms. The molecule has 0 spiro atoms. The van der Waals surface area contributed by atoms with E-state index in [4.69, 9.17) is 10.5 Å². The van der Waals surface area contributed by atoms with Crippen molar-refractivity contribution in [3.63, 3.8) is 0 Å². The molecule has 0 radical (unpaired) electrons. The molecule has 1 saturated heterocycles. The van der Waals surface area contributed by atoms with Gasteiger partial charge in [-0.3, -0.25) is 4.79 Å². The number of nitrogens with one attached hydrogen (secondary N) is 1. The highest BCUT2D eigenvalue weighted by molar-refractivity contribution is 5.81. The Morgan fingerprint density at radius 3 is 2.73 bits per heavy atom. The van der Waals surface area contributed by atoms with Crippen LogP contribution in [0.5, 0.6) is 0 Å². The summed E-state index contributed by atoms with van der Waals surface area (Å²) in [7, 11) is 0. The van der Waals surface area contributed by atoms with Gasteiger partial charge in [-0.05, 0) is 38.5 Å². The number of nitrogens with two attached hydrogens (primary N) is 1. The van der Waals surface area contributed by atoms with Crippen molar-refractivity contribution in [3.05, 3.63) is 0 Å². The Morgan fingerprint density at radius 1 is 1.47 bits per heavy atom. The van der Waals surface area contributed by atoms with Crippen molar-refractivity contribution in [2.24, 2.45) is 11.7 Å². The number of hydrogen-bond acceptors (Lipinski definition) is 3. The Kier molecular flexibility index (Phi) is 3.26. The van der Waals surface area contributed by atoms with E-state index in [2.05, 4.69) is 5.32 Å². The van der Waals surface area contributed by atoms with Crippen LogP contribution in [0.2, 0.25) is 0 Å². The average Bonchev–Trinajstić information content (AvgIpc) is 2.57. The van der Waals surface area contributed by atoms with Gasteiger partial charge in [0.05, 0.1) is 6.10 Å². The van der Waals surface area contributed by atoms with Crippen molar-refractivity contribution in [2.45, 2.75) is 50.9 Å². The van der Waals surface area contributed by atoms with Crippen LogP contribution >= 0.6 is 0 Å². The van der Waals surface area contributed by atoms with Crippen molar-refractivity contribution in [1.82, 2.24) is 5.32 Å². The first-order valence-electron chi connectivity index (χ1n) is 5.84. The number of ether oxygens (including phenoxy) is 1. The van der Waals surface area contributed by atoms with Crippen LogP contribution in [0.1, 0.15) is 32.6 Å². The highest BCUT2D eigenvalue weighted by Crippen LogP contribution is 2.25. The molecule has 1 amide bonds. The topological polar surface area (TPSA) is 64.4 Å². The fourth-order valence-corrected chi connectivity index (χ4v) is 2.31. The van der Waals surface area contributed by atoms with E-state index in [1.54, 1.807) is 0 Å². The molecule has 2 unspecified atom stereocenters. The zero-order valence-corrected chi connectivity index (χ0v) is 9.24. The zero-order valence-electron chi connectivity index (χ0n) is 9.24. The van der Waals surface area contributed by atoms with Crippen molar-refractivity contribution < 1.29 is 9.53 Å². The summed E-state index contributed by atoms with van der Waals surface area (Å²) in [5.74, 6) is 0.641. The highest BCUT2D eigenvalue weighted by atomic mass is 16.5. The third kappa shape index (κ3) is 2.69. The maximum Gasteiger partial charge on any atom is 0.249 e. The van der Waals surface area contributed by atoms with Crippen molar-refractivity contribution >= 4 is 5.91 Å². The minimum Gasteiger partial charge on any atom is -0.365 e. The summed E-state index contributed by atoms with van der Waals surface area (Å²) < 4.78 is 5.49. The van der Waals surface area contributed by atoms with Gasteiger partial charge in [0.1, 0.15) is 6.10 Å². The molecule has 3 N–H and O–H groups in total. The third-order valence-electron chi connectivity index (χ3n) is 3.36. The second-order valence-corrected chi connectivity index (χ2v) is 4.86. The Morgan fingerprint density at radius 2 is 2.20 bits per heavy atom. The molecule has 1 aliphatic heterocycles. The van der Waals surface area contributed by atoms with Gasteiger partial charge in [-0.2, -0.15) is 0 Å². The SMILES string of the molecule is CC1CCC(C(=O)NCC2CC(N)C2)O1. The van der Waals surface area contributed by atoms with Crippen LogP contribution < -0.4 is 11.1 Å². The van der Waals surface area contributed by atoms with E-state index >= 15 is 0 Å². The van der Waals surface area contributed by atoms with E-state index in [-0.39, 0.29) is 18.1 Å². The minimum atomic E-state index is -0.214. The fraction of sp³-hybridized carbons (Fsp3) is 0.909. The molecule has 4 nitrogen and oxygen atoms in total. The number of carbonyl (C=O) groups excluding carboxylic acids is 1. The van der Waals surface area contributed by atoms with E-state index < -0.39 is 0 Å². The molecule has 4 heteroatoms. The van der Waals surface area contributed by atoms with Crippen LogP contribution in [0, 0.1) is 5.92 Å². The van der Waals surface area contributed by atoms with Gasteiger partial charge in [0.25, 0.3) is 0 Å². The first-order chi connectivity index (χ1) is 7.15. The van der Waals surface area contributed by atoms with E-state index in [0.717, 1.165) is 32.2 Å². The molecule has 1 heterocycles. The Bertz CT molecular complexity index is 239. The van der Waals surface area contributed by atoms with Crippen LogP contribution in [0.4, 0.5) is 0 Å². The van der Waals surface area contributed by atoms with Crippen LogP contribution in [0.25, 0.3) is 0 Å². The minimum absolute atomic E-state index is 0.0554. The Labute approximate surface area is 90.5 Å².